The number of carbonyl (C=O) groups excluding carboxylic acids is 1. The molecule has 110 valence electrons. The minimum atomic E-state index is 0.326. The maximum absolute atomic E-state index is 11.3. The van der Waals surface area contributed by atoms with E-state index >= 15 is 0 Å². The second kappa shape index (κ2) is 5.84. The largest absolute Gasteiger partial charge is 0.345 e. The van der Waals surface area contributed by atoms with Crippen molar-refractivity contribution in [3.63, 3.8) is 0 Å². The molecule has 3 nitrogen and oxygen atoms in total. The fourth-order valence-electron chi connectivity index (χ4n) is 3.81. The first-order chi connectivity index (χ1) is 9.70. The van der Waals surface area contributed by atoms with Crippen LogP contribution in [0.2, 0.25) is 0 Å². The van der Waals surface area contributed by atoms with Gasteiger partial charge in [0.05, 0.1) is 10.6 Å². The highest BCUT2D eigenvalue weighted by Crippen LogP contribution is 2.40. The lowest BCUT2D eigenvalue weighted by Crippen LogP contribution is -2.46. The predicted octanol–water partition coefficient (Wildman–Crippen LogP) is 4.24. The monoisotopic (exact) mass is 292 g/mol. The number of aromatic nitrogens is 1. The Morgan fingerprint density at radius 3 is 2.70 bits per heavy atom. The molecule has 0 radical (unpaired) electrons. The van der Waals surface area contributed by atoms with E-state index in [1.807, 2.05) is 0 Å². The van der Waals surface area contributed by atoms with E-state index in [2.05, 4.69) is 18.7 Å². The zero-order chi connectivity index (χ0) is 14.1. The van der Waals surface area contributed by atoms with Gasteiger partial charge in [0.25, 0.3) is 0 Å². The molecule has 20 heavy (non-hydrogen) atoms. The van der Waals surface area contributed by atoms with E-state index in [-0.39, 0.29) is 0 Å². The lowest BCUT2D eigenvalue weighted by molar-refractivity contribution is 0.112. The van der Waals surface area contributed by atoms with E-state index < -0.39 is 0 Å². The van der Waals surface area contributed by atoms with Crippen LogP contribution in [0.3, 0.4) is 0 Å². The molecule has 2 aliphatic rings. The highest BCUT2D eigenvalue weighted by molar-refractivity contribution is 7.17. The fraction of sp³-hybridized carbons (Fsp3) is 0.750. The van der Waals surface area contributed by atoms with Crippen LogP contribution < -0.4 is 4.90 Å². The Morgan fingerprint density at radius 2 is 2.00 bits per heavy atom. The van der Waals surface area contributed by atoms with Crippen molar-refractivity contribution >= 4 is 22.8 Å². The molecular formula is C16H24N2OS. The second-order valence-corrected chi connectivity index (χ2v) is 7.48. The number of carbonyl (C=O) groups is 1. The molecule has 1 aliphatic heterocycles. The summed E-state index contributed by atoms with van der Waals surface area (Å²) >= 11 is 1.60. The first-order valence-electron chi connectivity index (χ1n) is 7.93. The van der Waals surface area contributed by atoms with Crippen LogP contribution in [-0.4, -0.2) is 23.9 Å². The number of aldehydes is 1. The van der Waals surface area contributed by atoms with E-state index in [0.29, 0.717) is 12.0 Å². The molecular weight excluding hydrogens is 268 g/mol. The van der Waals surface area contributed by atoms with Crippen LogP contribution in [0.5, 0.6) is 0 Å². The zero-order valence-electron chi connectivity index (χ0n) is 12.5. The van der Waals surface area contributed by atoms with Crippen LogP contribution >= 0.6 is 11.3 Å². The molecule has 2 fully saturated rings. The molecule has 0 amide bonds. The van der Waals surface area contributed by atoms with Gasteiger partial charge >= 0.3 is 0 Å². The minimum absolute atomic E-state index is 0.326. The molecule has 3 rings (SSSR count). The number of anilines is 1. The summed E-state index contributed by atoms with van der Waals surface area (Å²) in [6.07, 6.45) is 9.06. The average Bonchev–Trinajstić information content (AvgIpc) is 2.91. The van der Waals surface area contributed by atoms with Gasteiger partial charge in [-0.25, -0.2) is 4.98 Å². The molecule has 2 heterocycles. The summed E-state index contributed by atoms with van der Waals surface area (Å²) in [6, 6.07) is 0.670. The van der Waals surface area contributed by atoms with Crippen LogP contribution in [0.4, 0.5) is 5.13 Å². The molecule has 1 saturated heterocycles. The normalized spacial score (nSPS) is 26.6. The molecule has 1 aromatic rings. The second-order valence-electron chi connectivity index (χ2n) is 6.47. The van der Waals surface area contributed by atoms with Gasteiger partial charge in [-0.15, -0.1) is 0 Å². The van der Waals surface area contributed by atoms with E-state index in [9.17, 15) is 4.79 Å². The highest BCUT2D eigenvalue weighted by atomic mass is 32.1. The van der Waals surface area contributed by atoms with Crippen LogP contribution in [0.1, 0.15) is 73.7 Å². The number of fused-ring (bicyclic) bond motifs is 1. The number of piperidine rings is 1. The van der Waals surface area contributed by atoms with Crippen molar-refractivity contribution in [1.82, 2.24) is 4.98 Å². The molecule has 0 aromatic carbocycles. The van der Waals surface area contributed by atoms with E-state index in [1.165, 1.54) is 38.5 Å². The number of hydrogen-bond donors (Lipinski definition) is 0. The maximum atomic E-state index is 11.3. The molecule has 0 bridgehead atoms. The van der Waals surface area contributed by atoms with Gasteiger partial charge in [0.2, 0.25) is 0 Å². The van der Waals surface area contributed by atoms with Crippen LogP contribution in [0.25, 0.3) is 0 Å². The highest BCUT2D eigenvalue weighted by Gasteiger charge is 2.35. The van der Waals surface area contributed by atoms with Crippen LogP contribution in [0, 0.1) is 5.92 Å². The topological polar surface area (TPSA) is 33.2 Å². The summed E-state index contributed by atoms with van der Waals surface area (Å²) in [4.78, 5) is 19.4. The van der Waals surface area contributed by atoms with Gasteiger partial charge in [-0.05, 0) is 37.5 Å². The summed E-state index contributed by atoms with van der Waals surface area (Å²) in [5.41, 5.74) is 0.984. The number of hydrogen-bond acceptors (Lipinski definition) is 4. The summed E-state index contributed by atoms with van der Waals surface area (Å²) in [5.74, 6) is 1.18. The third-order valence-electron chi connectivity index (χ3n) is 4.81. The molecule has 2 atom stereocenters. The quantitative estimate of drug-likeness (QED) is 0.781. The van der Waals surface area contributed by atoms with Crippen molar-refractivity contribution < 1.29 is 4.79 Å². The van der Waals surface area contributed by atoms with Gasteiger partial charge in [0.15, 0.2) is 11.4 Å². The Labute approximate surface area is 125 Å². The maximum Gasteiger partial charge on any atom is 0.186 e. The summed E-state index contributed by atoms with van der Waals surface area (Å²) in [6.45, 7) is 5.35. The van der Waals surface area contributed by atoms with Crippen molar-refractivity contribution in [2.45, 2.75) is 64.3 Å². The van der Waals surface area contributed by atoms with Crippen LogP contribution in [-0.2, 0) is 0 Å². The number of thiazole rings is 1. The predicted molar refractivity (Wildman–Crippen MR) is 83.9 cm³/mol. The van der Waals surface area contributed by atoms with Gasteiger partial charge in [0, 0.05) is 12.6 Å². The number of nitrogens with zero attached hydrogens (tertiary/aromatic N) is 2. The first-order valence-corrected chi connectivity index (χ1v) is 8.75. The van der Waals surface area contributed by atoms with Crippen molar-refractivity contribution in [3.8, 4) is 0 Å². The van der Waals surface area contributed by atoms with Crippen molar-refractivity contribution in [2.75, 3.05) is 11.4 Å². The number of rotatable bonds is 3. The minimum Gasteiger partial charge on any atom is -0.345 e. The van der Waals surface area contributed by atoms with Crippen molar-refractivity contribution in [1.29, 1.82) is 0 Å². The van der Waals surface area contributed by atoms with Gasteiger partial charge in [-0.3, -0.25) is 4.79 Å². The third kappa shape index (κ3) is 2.50. The van der Waals surface area contributed by atoms with E-state index in [4.69, 9.17) is 4.98 Å². The van der Waals surface area contributed by atoms with E-state index in [1.54, 1.807) is 11.3 Å². The lowest BCUT2D eigenvalue weighted by atomic mass is 9.78. The molecule has 4 heteroatoms. The smallest absolute Gasteiger partial charge is 0.186 e. The Morgan fingerprint density at radius 1 is 1.25 bits per heavy atom. The Balaban J connectivity index is 1.89. The Kier molecular flexibility index (Phi) is 4.11. The molecule has 1 saturated carbocycles. The molecule has 2 unspecified atom stereocenters. The van der Waals surface area contributed by atoms with E-state index in [0.717, 1.165) is 34.5 Å². The Bertz CT molecular complexity index is 481. The molecule has 1 aromatic heterocycles. The molecule has 0 N–H and O–H groups in total. The standard InChI is InChI=1S/C16H24N2OS/c1-11(2)15-14(10-19)20-16(17-15)18-9-5-7-12-6-3-4-8-13(12)18/h10-13H,3-9H2,1-2H3. The van der Waals surface area contributed by atoms with Gasteiger partial charge in [-0.1, -0.05) is 38.0 Å². The summed E-state index contributed by atoms with van der Waals surface area (Å²) in [7, 11) is 0. The van der Waals surface area contributed by atoms with Gasteiger partial charge in [-0.2, -0.15) is 0 Å². The van der Waals surface area contributed by atoms with Crippen LogP contribution in [0.15, 0.2) is 0 Å². The summed E-state index contributed by atoms with van der Waals surface area (Å²) in [5, 5.41) is 1.09. The third-order valence-corrected chi connectivity index (χ3v) is 5.85. The molecule has 1 aliphatic carbocycles. The fourth-order valence-corrected chi connectivity index (χ4v) is 4.93. The molecule has 0 spiro atoms. The van der Waals surface area contributed by atoms with Crippen molar-refractivity contribution in [2.24, 2.45) is 5.92 Å². The SMILES string of the molecule is CC(C)c1nc(N2CCCC3CCCCC32)sc1C=O. The zero-order valence-corrected chi connectivity index (χ0v) is 13.3. The van der Waals surface area contributed by atoms with Gasteiger partial charge in [0.1, 0.15) is 0 Å². The summed E-state index contributed by atoms with van der Waals surface area (Å²) < 4.78 is 0. The van der Waals surface area contributed by atoms with Gasteiger partial charge < -0.3 is 4.90 Å². The average molecular weight is 292 g/mol. The lowest BCUT2D eigenvalue weighted by Gasteiger charge is -2.44. The first kappa shape index (κ1) is 14.1. The van der Waals surface area contributed by atoms with Crippen molar-refractivity contribution in [3.05, 3.63) is 10.6 Å². The Hall–Kier alpha value is -0.900.